The van der Waals surface area contributed by atoms with Crippen molar-refractivity contribution in [2.45, 2.75) is 44.3 Å². The Labute approximate surface area is 89.9 Å². The van der Waals surface area contributed by atoms with Crippen molar-refractivity contribution in [1.82, 2.24) is 0 Å². The molecule has 3 heteroatoms. The molecule has 0 bridgehead atoms. The second-order valence-electron chi connectivity index (χ2n) is 5.21. The Bertz CT molecular complexity index is 300. The van der Waals surface area contributed by atoms with Crippen LogP contribution in [0.4, 0.5) is 0 Å². The summed E-state index contributed by atoms with van der Waals surface area (Å²) in [6, 6.07) is 0. The predicted molar refractivity (Wildman–Crippen MR) is 57.5 cm³/mol. The van der Waals surface area contributed by atoms with E-state index < -0.39 is 0 Å². The number of hydrogen-bond acceptors (Lipinski definition) is 3. The fourth-order valence-corrected chi connectivity index (χ4v) is 3.36. The second-order valence-corrected chi connectivity index (χ2v) is 6.10. The molecular weight excluding hydrogens is 196 g/mol. The number of Topliss-reactive ketones (excluding diaryl/α,β-unsaturated/α-hetero) is 2. The summed E-state index contributed by atoms with van der Waals surface area (Å²) in [6.45, 7) is 4.25. The van der Waals surface area contributed by atoms with E-state index in [4.69, 9.17) is 0 Å². The maximum atomic E-state index is 11.6. The van der Waals surface area contributed by atoms with E-state index in [2.05, 4.69) is 26.5 Å². The molecule has 2 aliphatic rings. The van der Waals surface area contributed by atoms with Gasteiger partial charge < -0.3 is 0 Å². The average molecular weight is 212 g/mol. The van der Waals surface area contributed by atoms with Gasteiger partial charge in [-0.2, -0.15) is 12.6 Å². The Morgan fingerprint density at radius 1 is 1.29 bits per heavy atom. The van der Waals surface area contributed by atoms with Crippen LogP contribution in [0.25, 0.3) is 0 Å². The van der Waals surface area contributed by atoms with Gasteiger partial charge in [-0.25, -0.2) is 0 Å². The predicted octanol–water partition coefficient (Wildman–Crippen LogP) is 2.02. The number of ketones is 2. The van der Waals surface area contributed by atoms with E-state index in [0.717, 1.165) is 12.8 Å². The van der Waals surface area contributed by atoms with Crippen molar-refractivity contribution in [1.29, 1.82) is 0 Å². The summed E-state index contributed by atoms with van der Waals surface area (Å²) in [6.07, 6.45) is 2.24. The molecule has 2 saturated carbocycles. The van der Waals surface area contributed by atoms with Crippen LogP contribution in [0, 0.1) is 11.3 Å². The molecule has 0 aromatic rings. The standard InChI is InChI=1S/C11H16O2S/c1-7(2)11(14)5-10(6-11)4-8(12)3-9(10)13/h7,14H,3-6H2,1-2H3. The first kappa shape index (κ1) is 10.2. The lowest BCUT2D eigenvalue weighted by Crippen LogP contribution is -2.53. The zero-order chi connectivity index (χ0) is 10.6. The van der Waals surface area contributed by atoms with E-state index in [1.807, 2.05) is 0 Å². The summed E-state index contributed by atoms with van der Waals surface area (Å²) >= 11 is 4.62. The first-order valence-electron chi connectivity index (χ1n) is 5.15. The minimum absolute atomic E-state index is 0.0136. The monoisotopic (exact) mass is 212 g/mol. The molecule has 78 valence electrons. The Balaban J connectivity index is 2.12. The molecule has 0 unspecified atom stereocenters. The van der Waals surface area contributed by atoms with E-state index in [0.29, 0.717) is 12.3 Å². The third kappa shape index (κ3) is 1.25. The van der Waals surface area contributed by atoms with Gasteiger partial charge in [-0.1, -0.05) is 13.8 Å². The molecule has 0 N–H and O–H groups in total. The molecule has 0 amide bonds. The van der Waals surface area contributed by atoms with Crippen LogP contribution in [0.2, 0.25) is 0 Å². The van der Waals surface area contributed by atoms with Crippen molar-refractivity contribution in [2.75, 3.05) is 0 Å². The molecule has 0 aromatic heterocycles. The first-order chi connectivity index (χ1) is 6.38. The topological polar surface area (TPSA) is 34.1 Å². The van der Waals surface area contributed by atoms with Gasteiger partial charge in [0.25, 0.3) is 0 Å². The van der Waals surface area contributed by atoms with Gasteiger partial charge in [0.15, 0.2) is 0 Å². The van der Waals surface area contributed by atoms with Gasteiger partial charge in [0.1, 0.15) is 11.6 Å². The van der Waals surface area contributed by atoms with Crippen molar-refractivity contribution >= 4 is 24.2 Å². The lowest BCUT2D eigenvalue weighted by atomic mass is 9.56. The van der Waals surface area contributed by atoms with Gasteiger partial charge in [0, 0.05) is 16.6 Å². The highest BCUT2D eigenvalue weighted by Crippen LogP contribution is 2.60. The summed E-state index contributed by atoms with van der Waals surface area (Å²) in [4.78, 5) is 22.8. The molecule has 2 fully saturated rings. The van der Waals surface area contributed by atoms with Gasteiger partial charge in [-0.3, -0.25) is 9.59 Å². The molecular formula is C11H16O2S. The lowest BCUT2D eigenvalue weighted by molar-refractivity contribution is -0.132. The molecule has 1 spiro atoms. The second kappa shape index (κ2) is 2.84. The van der Waals surface area contributed by atoms with Crippen LogP contribution in [0.1, 0.15) is 39.5 Å². The molecule has 2 rings (SSSR count). The van der Waals surface area contributed by atoms with E-state index in [9.17, 15) is 9.59 Å². The highest BCUT2D eigenvalue weighted by atomic mass is 32.1. The number of carbonyl (C=O) groups excluding carboxylic acids is 2. The van der Waals surface area contributed by atoms with E-state index in [1.54, 1.807) is 0 Å². The number of hydrogen-bond donors (Lipinski definition) is 1. The van der Waals surface area contributed by atoms with E-state index in [1.165, 1.54) is 0 Å². The Hall–Kier alpha value is -0.310. The van der Waals surface area contributed by atoms with Crippen molar-refractivity contribution in [3.05, 3.63) is 0 Å². The maximum Gasteiger partial charge on any atom is 0.146 e. The molecule has 2 aliphatic carbocycles. The smallest absolute Gasteiger partial charge is 0.146 e. The number of rotatable bonds is 1. The Kier molecular flexibility index (Phi) is 2.08. The van der Waals surface area contributed by atoms with E-state index in [-0.39, 0.29) is 28.1 Å². The third-order valence-corrected chi connectivity index (χ3v) is 4.68. The van der Waals surface area contributed by atoms with Crippen LogP contribution in [-0.4, -0.2) is 16.3 Å². The summed E-state index contributed by atoms with van der Waals surface area (Å²) < 4.78 is -0.0136. The summed E-state index contributed by atoms with van der Waals surface area (Å²) in [5.74, 6) is 0.752. The quantitative estimate of drug-likeness (QED) is 0.533. The molecule has 0 heterocycles. The van der Waals surface area contributed by atoms with Gasteiger partial charge in [0.05, 0.1) is 6.42 Å². The zero-order valence-corrected chi connectivity index (χ0v) is 9.56. The Morgan fingerprint density at radius 3 is 2.21 bits per heavy atom. The highest BCUT2D eigenvalue weighted by molar-refractivity contribution is 7.81. The van der Waals surface area contributed by atoms with Crippen LogP contribution in [0.5, 0.6) is 0 Å². The highest BCUT2D eigenvalue weighted by Gasteiger charge is 2.61. The molecule has 0 aliphatic heterocycles. The van der Waals surface area contributed by atoms with Gasteiger partial charge in [-0.15, -0.1) is 0 Å². The summed E-state index contributed by atoms with van der Waals surface area (Å²) in [5.41, 5.74) is -0.302. The minimum Gasteiger partial charge on any atom is -0.299 e. The fourth-order valence-electron chi connectivity index (χ4n) is 2.76. The first-order valence-corrected chi connectivity index (χ1v) is 5.60. The summed E-state index contributed by atoms with van der Waals surface area (Å²) in [7, 11) is 0. The van der Waals surface area contributed by atoms with Crippen molar-refractivity contribution in [2.24, 2.45) is 11.3 Å². The maximum absolute atomic E-state index is 11.6. The van der Waals surface area contributed by atoms with Crippen LogP contribution >= 0.6 is 12.6 Å². The van der Waals surface area contributed by atoms with Crippen molar-refractivity contribution < 1.29 is 9.59 Å². The SMILES string of the molecule is CC(C)C1(S)CC2(CC(=O)CC2=O)C1. The number of carbonyl (C=O) groups is 2. The van der Waals surface area contributed by atoms with Crippen LogP contribution in [0.3, 0.4) is 0 Å². The van der Waals surface area contributed by atoms with Gasteiger partial charge >= 0.3 is 0 Å². The zero-order valence-electron chi connectivity index (χ0n) is 8.67. The minimum atomic E-state index is -0.302. The molecule has 0 aromatic carbocycles. The normalized spacial score (nSPS) is 42.3. The average Bonchev–Trinajstić information content (AvgIpc) is 2.25. The third-order valence-electron chi connectivity index (χ3n) is 3.85. The van der Waals surface area contributed by atoms with Crippen molar-refractivity contribution in [3.63, 3.8) is 0 Å². The molecule has 0 atom stereocenters. The van der Waals surface area contributed by atoms with Crippen LogP contribution < -0.4 is 0 Å². The van der Waals surface area contributed by atoms with Crippen molar-refractivity contribution in [3.8, 4) is 0 Å². The van der Waals surface area contributed by atoms with E-state index >= 15 is 0 Å². The number of thiol groups is 1. The largest absolute Gasteiger partial charge is 0.299 e. The molecule has 14 heavy (non-hydrogen) atoms. The Morgan fingerprint density at radius 2 is 1.86 bits per heavy atom. The molecule has 0 radical (unpaired) electrons. The molecule has 2 nitrogen and oxygen atoms in total. The van der Waals surface area contributed by atoms with Crippen LogP contribution in [0.15, 0.2) is 0 Å². The lowest BCUT2D eigenvalue weighted by Gasteiger charge is -2.53. The fraction of sp³-hybridized carbons (Fsp3) is 0.818. The van der Waals surface area contributed by atoms with Gasteiger partial charge in [0.2, 0.25) is 0 Å². The molecule has 0 saturated heterocycles. The van der Waals surface area contributed by atoms with Crippen LogP contribution in [-0.2, 0) is 9.59 Å². The summed E-state index contributed by atoms with van der Waals surface area (Å²) in [5, 5.41) is 0. The van der Waals surface area contributed by atoms with Gasteiger partial charge in [-0.05, 0) is 18.8 Å².